The van der Waals surface area contributed by atoms with Crippen molar-refractivity contribution >= 4 is 28.5 Å². The van der Waals surface area contributed by atoms with Gasteiger partial charge in [-0.2, -0.15) is 0 Å². The fourth-order valence-corrected chi connectivity index (χ4v) is 3.42. The van der Waals surface area contributed by atoms with Crippen LogP contribution in [0.4, 0.5) is 0 Å². The number of carboxylic acids is 1. The zero-order valence-corrected chi connectivity index (χ0v) is 13.7. The molecule has 3 heterocycles. The van der Waals surface area contributed by atoms with E-state index in [9.17, 15) is 9.90 Å². The van der Waals surface area contributed by atoms with Crippen molar-refractivity contribution in [2.75, 3.05) is 0 Å². The Labute approximate surface area is 142 Å². The van der Waals surface area contributed by atoms with Crippen molar-refractivity contribution in [2.45, 2.75) is 32.6 Å². The fourth-order valence-electron chi connectivity index (χ4n) is 3.18. The second-order valence-electron chi connectivity index (χ2n) is 5.88. The summed E-state index contributed by atoms with van der Waals surface area (Å²) in [7, 11) is 0. The monoisotopic (exact) mass is 346 g/mol. The van der Waals surface area contributed by atoms with Gasteiger partial charge < -0.3 is 14.1 Å². The SMILES string of the molecule is Cc1nnc2n1CC(C(=O)O)N(Cc1c(Cl)oc3ccccc13)C2. The zero-order chi connectivity index (χ0) is 16.8. The quantitative estimate of drug-likeness (QED) is 0.784. The number of aliphatic carboxylic acids is 1. The van der Waals surface area contributed by atoms with Crippen LogP contribution in [0.2, 0.25) is 5.22 Å². The normalized spacial score (nSPS) is 18.0. The number of benzene rings is 1. The minimum Gasteiger partial charge on any atom is -0.480 e. The van der Waals surface area contributed by atoms with Crippen LogP contribution in [0.1, 0.15) is 17.2 Å². The maximum atomic E-state index is 11.7. The van der Waals surface area contributed by atoms with Crippen molar-refractivity contribution in [2.24, 2.45) is 0 Å². The molecule has 124 valence electrons. The van der Waals surface area contributed by atoms with Gasteiger partial charge in [0.15, 0.2) is 5.22 Å². The van der Waals surface area contributed by atoms with Gasteiger partial charge in [0.1, 0.15) is 23.3 Å². The van der Waals surface area contributed by atoms with Crippen molar-refractivity contribution in [1.29, 1.82) is 0 Å². The standard InChI is InChI=1S/C16H15ClN4O3/c1-9-18-19-14-8-20(12(16(22)23)7-21(9)14)6-11-10-4-2-3-5-13(10)24-15(11)17/h2-5,12H,6-8H2,1H3,(H,22,23). The lowest BCUT2D eigenvalue weighted by Crippen LogP contribution is -2.47. The number of carbonyl (C=O) groups is 1. The Morgan fingerprint density at radius 1 is 1.42 bits per heavy atom. The molecular formula is C16H15ClN4O3. The Balaban J connectivity index is 1.72. The Morgan fingerprint density at radius 3 is 3.00 bits per heavy atom. The van der Waals surface area contributed by atoms with Crippen molar-refractivity contribution in [3.05, 3.63) is 46.7 Å². The topological polar surface area (TPSA) is 84.4 Å². The van der Waals surface area contributed by atoms with E-state index in [4.69, 9.17) is 16.0 Å². The van der Waals surface area contributed by atoms with E-state index in [0.717, 1.165) is 22.6 Å². The minimum atomic E-state index is -0.877. The molecule has 0 aliphatic carbocycles. The van der Waals surface area contributed by atoms with E-state index in [0.29, 0.717) is 30.4 Å². The summed E-state index contributed by atoms with van der Waals surface area (Å²) in [6.07, 6.45) is 0. The summed E-state index contributed by atoms with van der Waals surface area (Å²) in [6.45, 7) is 2.91. The number of aryl methyl sites for hydroxylation is 1. The molecule has 1 aliphatic heterocycles. The van der Waals surface area contributed by atoms with Crippen LogP contribution >= 0.6 is 11.6 Å². The highest BCUT2D eigenvalue weighted by atomic mass is 35.5. The first-order chi connectivity index (χ1) is 11.5. The molecule has 0 saturated carbocycles. The molecule has 24 heavy (non-hydrogen) atoms. The summed E-state index contributed by atoms with van der Waals surface area (Å²) >= 11 is 6.24. The lowest BCUT2D eigenvalue weighted by Gasteiger charge is -2.33. The highest BCUT2D eigenvalue weighted by molar-refractivity contribution is 6.30. The third-order valence-corrected chi connectivity index (χ3v) is 4.75. The average molecular weight is 347 g/mol. The van der Waals surface area contributed by atoms with Crippen molar-refractivity contribution in [3.8, 4) is 0 Å². The van der Waals surface area contributed by atoms with Crippen molar-refractivity contribution in [1.82, 2.24) is 19.7 Å². The smallest absolute Gasteiger partial charge is 0.322 e. The number of nitrogens with zero attached hydrogens (tertiary/aromatic N) is 4. The number of halogens is 1. The summed E-state index contributed by atoms with van der Waals surface area (Å²) in [5.41, 5.74) is 1.49. The highest BCUT2D eigenvalue weighted by Gasteiger charge is 2.34. The van der Waals surface area contributed by atoms with Gasteiger partial charge in [0, 0.05) is 17.5 Å². The highest BCUT2D eigenvalue weighted by Crippen LogP contribution is 2.32. The van der Waals surface area contributed by atoms with Gasteiger partial charge >= 0.3 is 5.97 Å². The van der Waals surface area contributed by atoms with E-state index in [1.165, 1.54) is 0 Å². The van der Waals surface area contributed by atoms with Crippen LogP contribution in [-0.2, 0) is 24.4 Å². The van der Waals surface area contributed by atoms with Crippen LogP contribution in [0, 0.1) is 6.92 Å². The molecule has 0 fully saturated rings. The summed E-state index contributed by atoms with van der Waals surface area (Å²) < 4.78 is 7.42. The summed E-state index contributed by atoms with van der Waals surface area (Å²) in [5.74, 6) is 0.606. The maximum absolute atomic E-state index is 11.7. The molecule has 1 N–H and O–H groups in total. The third kappa shape index (κ3) is 2.37. The molecule has 1 unspecified atom stereocenters. The molecule has 1 atom stereocenters. The number of para-hydroxylation sites is 1. The largest absolute Gasteiger partial charge is 0.480 e. The van der Waals surface area contributed by atoms with Crippen molar-refractivity contribution < 1.29 is 14.3 Å². The Bertz CT molecular complexity index is 933. The van der Waals surface area contributed by atoms with E-state index in [-0.39, 0.29) is 0 Å². The molecule has 0 amide bonds. The first-order valence-corrected chi connectivity index (χ1v) is 7.94. The fraction of sp³-hybridized carbons (Fsp3) is 0.312. The van der Waals surface area contributed by atoms with Crippen LogP contribution in [-0.4, -0.2) is 36.8 Å². The Kier molecular flexibility index (Phi) is 3.54. The average Bonchev–Trinajstić information content (AvgIpc) is 3.07. The van der Waals surface area contributed by atoms with Crippen LogP contribution in [0.5, 0.6) is 0 Å². The maximum Gasteiger partial charge on any atom is 0.322 e. The molecule has 8 heteroatoms. The van der Waals surface area contributed by atoms with Gasteiger partial charge in [-0.1, -0.05) is 18.2 Å². The molecule has 3 aromatic rings. The van der Waals surface area contributed by atoms with E-state index < -0.39 is 12.0 Å². The van der Waals surface area contributed by atoms with E-state index >= 15 is 0 Å². The molecule has 0 spiro atoms. The molecule has 0 saturated heterocycles. The Hall–Kier alpha value is -2.38. The zero-order valence-electron chi connectivity index (χ0n) is 12.9. The molecule has 0 bridgehead atoms. The van der Waals surface area contributed by atoms with Gasteiger partial charge in [-0.25, -0.2) is 0 Å². The van der Waals surface area contributed by atoms with E-state index in [1.807, 2.05) is 40.7 Å². The number of aromatic nitrogens is 3. The third-order valence-electron chi connectivity index (χ3n) is 4.45. The molecule has 0 radical (unpaired) electrons. The number of hydrogen-bond donors (Lipinski definition) is 1. The van der Waals surface area contributed by atoms with E-state index in [2.05, 4.69) is 10.2 Å². The number of hydrogen-bond acceptors (Lipinski definition) is 5. The number of rotatable bonds is 3. The molecular weight excluding hydrogens is 332 g/mol. The van der Waals surface area contributed by atoms with E-state index in [1.54, 1.807) is 0 Å². The summed E-state index contributed by atoms with van der Waals surface area (Å²) in [6, 6.07) is 6.87. The molecule has 1 aliphatic rings. The van der Waals surface area contributed by atoms with Crippen LogP contribution in [0.25, 0.3) is 11.0 Å². The Morgan fingerprint density at radius 2 is 2.21 bits per heavy atom. The lowest BCUT2D eigenvalue weighted by molar-refractivity contribution is -0.145. The molecule has 4 rings (SSSR count). The lowest BCUT2D eigenvalue weighted by atomic mass is 10.1. The number of furan rings is 1. The summed E-state index contributed by atoms with van der Waals surface area (Å²) in [4.78, 5) is 13.6. The predicted molar refractivity (Wildman–Crippen MR) is 86.7 cm³/mol. The van der Waals surface area contributed by atoms with Gasteiger partial charge in [-0.3, -0.25) is 9.69 Å². The van der Waals surface area contributed by atoms with Crippen LogP contribution in [0.15, 0.2) is 28.7 Å². The number of fused-ring (bicyclic) bond motifs is 2. The van der Waals surface area contributed by atoms with Gasteiger partial charge in [0.25, 0.3) is 0 Å². The predicted octanol–water partition coefficient (Wildman–Crippen LogP) is 2.46. The second-order valence-corrected chi connectivity index (χ2v) is 6.23. The minimum absolute atomic E-state index is 0.295. The summed E-state index contributed by atoms with van der Waals surface area (Å²) in [5, 5.41) is 19.0. The van der Waals surface area contributed by atoms with Gasteiger partial charge in [0.05, 0.1) is 13.1 Å². The number of carboxylic acid groups (broad SMARTS) is 1. The van der Waals surface area contributed by atoms with Crippen LogP contribution < -0.4 is 0 Å². The van der Waals surface area contributed by atoms with Gasteiger partial charge in [0.2, 0.25) is 0 Å². The molecule has 7 nitrogen and oxygen atoms in total. The van der Waals surface area contributed by atoms with Crippen LogP contribution in [0.3, 0.4) is 0 Å². The van der Waals surface area contributed by atoms with Crippen molar-refractivity contribution in [3.63, 3.8) is 0 Å². The first-order valence-electron chi connectivity index (χ1n) is 7.56. The van der Waals surface area contributed by atoms with Gasteiger partial charge in [-0.15, -0.1) is 10.2 Å². The second kappa shape index (κ2) is 5.61. The van der Waals surface area contributed by atoms with Gasteiger partial charge in [-0.05, 0) is 24.6 Å². The first kappa shape index (κ1) is 15.2. The molecule has 1 aromatic carbocycles. The molecule has 2 aromatic heterocycles.